The van der Waals surface area contributed by atoms with Crippen molar-refractivity contribution in [2.75, 3.05) is 17.9 Å². The van der Waals surface area contributed by atoms with Gasteiger partial charge in [0.2, 0.25) is 11.8 Å². The van der Waals surface area contributed by atoms with E-state index >= 15 is 0 Å². The molecule has 1 atom stereocenters. The van der Waals surface area contributed by atoms with Gasteiger partial charge in [0.25, 0.3) is 10.0 Å². The number of anilines is 1. The molecule has 2 amide bonds. The summed E-state index contributed by atoms with van der Waals surface area (Å²) in [7, 11) is -2.71. The minimum absolute atomic E-state index is 0.00469. The number of carbonyl (C=O) groups excluding carboxylic acids is 2. The maximum absolute atomic E-state index is 14.0. The highest BCUT2D eigenvalue weighted by Crippen LogP contribution is 2.29. The zero-order valence-electron chi connectivity index (χ0n) is 23.6. The summed E-state index contributed by atoms with van der Waals surface area (Å²) in [5.74, 6) is 0.156. The number of benzene rings is 4. The van der Waals surface area contributed by atoms with Gasteiger partial charge in [0, 0.05) is 13.6 Å². The van der Waals surface area contributed by atoms with Gasteiger partial charge < -0.3 is 15.0 Å². The Morgan fingerprint density at radius 2 is 1.44 bits per heavy atom. The zero-order valence-corrected chi connectivity index (χ0v) is 25.9. The molecule has 224 valence electrons. The van der Waals surface area contributed by atoms with Crippen molar-refractivity contribution in [2.24, 2.45) is 0 Å². The molecule has 4 aromatic carbocycles. The van der Waals surface area contributed by atoms with E-state index in [1.807, 2.05) is 18.2 Å². The minimum atomic E-state index is -4.19. The molecular formula is C32H31Cl2N3O5S. The predicted octanol–water partition coefficient (Wildman–Crippen LogP) is 6.53. The minimum Gasteiger partial charge on any atom is -0.457 e. The summed E-state index contributed by atoms with van der Waals surface area (Å²) in [6, 6.07) is 27.5. The lowest BCUT2D eigenvalue weighted by Crippen LogP contribution is -2.51. The predicted molar refractivity (Wildman–Crippen MR) is 169 cm³/mol. The number of carbonyl (C=O) groups is 2. The van der Waals surface area contributed by atoms with Crippen LogP contribution >= 0.6 is 23.2 Å². The highest BCUT2D eigenvalue weighted by Gasteiger charge is 2.33. The van der Waals surface area contributed by atoms with Crippen LogP contribution in [-0.4, -0.2) is 44.8 Å². The van der Waals surface area contributed by atoms with Gasteiger partial charge in [-0.15, -0.1) is 0 Å². The van der Waals surface area contributed by atoms with E-state index in [2.05, 4.69) is 5.32 Å². The molecule has 0 aliphatic rings. The summed E-state index contributed by atoms with van der Waals surface area (Å²) >= 11 is 12.3. The fourth-order valence-electron chi connectivity index (χ4n) is 4.47. The largest absolute Gasteiger partial charge is 0.457 e. The number of ether oxygens (including phenoxy) is 1. The first-order chi connectivity index (χ1) is 20.6. The second-order valence-electron chi connectivity index (χ2n) is 9.54. The monoisotopic (exact) mass is 639 g/mol. The van der Waals surface area contributed by atoms with Gasteiger partial charge in [-0.2, -0.15) is 0 Å². The van der Waals surface area contributed by atoms with E-state index < -0.39 is 28.5 Å². The summed E-state index contributed by atoms with van der Waals surface area (Å²) < 4.78 is 34.8. The van der Waals surface area contributed by atoms with Crippen molar-refractivity contribution in [3.05, 3.63) is 119 Å². The number of para-hydroxylation sites is 1. The van der Waals surface area contributed by atoms with Gasteiger partial charge in [0.05, 0.1) is 20.6 Å². The molecule has 0 aliphatic heterocycles. The number of rotatable bonds is 12. The molecule has 0 aromatic heterocycles. The highest BCUT2D eigenvalue weighted by molar-refractivity contribution is 7.92. The SMILES string of the molecule is CC[C@@H](C(=O)NC)N(Cc1ccc(Cl)c(Cl)c1)C(=O)CN(c1ccc(Oc2ccccc2)cc1)S(=O)(=O)c1ccccc1. The molecule has 0 bridgehead atoms. The van der Waals surface area contributed by atoms with Crippen LogP contribution in [0.5, 0.6) is 11.5 Å². The third kappa shape index (κ3) is 7.87. The third-order valence-corrected chi connectivity index (χ3v) is 9.21. The van der Waals surface area contributed by atoms with E-state index in [-0.39, 0.29) is 23.0 Å². The molecule has 11 heteroatoms. The maximum atomic E-state index is 14.0. The van der Waals surface area contributed by atoms with E-state index in [1.165, 1.54) is 24.1 Å². The molecule has 0 aliphatic carbocycles. The van der Waals surface area contributed by atoms with Gasteiger partial charge in [-0.3, -0.25) is 13.9 Å². The maximum Gasteiger partial charge on any atom is 0.264 e. The van der Waals surface area contributed by atoms with Crippen LogP contribution in [0, 0.1) is 0 Å². The van der Waals surface area contributed by atoms with Gasteiger partial charge >= 0.3 is 0 Å². The van der Waals surface area contributed by atoms with Crippen LogP contribution in [0.2, 0.25) is 10.0 Å². The molecule has 43 heavy (non-hydrogen) atoms. The quantitative estimate of drug-likeness (QED) is 0.190. The number of sulfonamides is 1. The number of hydrogen-bond acceptors (Lipinski definition) is 5. The standard InChI is InChI=1S/C32H31Cl2N3O5S/c1-3-30(32(39)35-2)36(21-23-14-19-28(33)29(34)20-23)31(38)22-37(43(40,41)27-12-8-5-9-13-27)24-15-17-26(18-16-24)42-25-10-6-4-7-11-25/h4-20,30H,3,21-22H2,1-2H3,(H,35,39)/t30-/m0/s1. The van der Waals surface area contributed by atoms with E-state index in [0.29, 0.717) is 33.5 Å². The first-order valence-electron chi connectivity index (χ1n) is 13.5. The van der Waals surface area contributed by atoms with Crippen LogP contribution < -0.4 is 14.4 Å². The van der Waals surface area contributed by atoms with Crippen molar-refractivity contribution >= 4 is 50.7 Å². The Morgan fingerprint density at radius 1 is 0.837 bits per heavy atom. The zero-order chi connectivity index (χ0) is 31.0. The molecule has 4 rings (SSSR count). The number of hydrogen-bond donors (Lipinski definition) is 1. The Labute approximate surface area is 261 Å². The molecule has 0 fully saturated rings. The van der Waals surface area contributed by atoms with Crippen LogP contribution in [0.3, 0.4) is 0 Å². The van der Waals surface area contributed by atoms with Gasteiger partial charge in [-0.25, -0.2) is 8.42 Å². The molecule has 4 aromatic rings. The molecule has 0 heterocycles. The van der Waals surface area contributed by atoms with Crippen molar-refractivity contribution in [1.29, 1.82) is 0 Å². The molecule has 0 spiro atoms. The normalized spacial score (nSPS) is 11.8. The van der Waals surface area contributed by atoms with Crippen molar-refractivity contribution < 1.29 is 22.7 Å². The molecule has 0 radical (unpaired) electrons. The van der Waals surface area contributed by atoms with E-state index in [0.717, 1.165) is 4.31 Å². The van der Waals surface area contributed by atoms with Crippen molar-refractivity contribution in [3.63, 3.8) is 0 Å². The first kappa shape index (κ1) is 31.9. The second kappa shape index (κ2) is 14.4. The molecule has 0 unspecified atom stereocenters. The average Bonchev–Trinajstić information content (AvgIpc) is 3.02. The average molecular weight is 641 g/mol. The number of nitrogens with one attached hydrogen (secondary N) is 1. The number of amides is 2. The van der Waals surface area contributed by atoms with Crippen LogP contribution in [0.15, 0.2) is 108 Å². The summed E-state index contributed by atoms with van der Waals surface area (Å²) in [6.07, 6.45) is 0.295. The molecule has 1 N–H and O–H groups in total. The van der Waals surface area contributed by atoms with E-state index in [9.17, 15) is 18.0 Å². The highest BCUT2D eigenvalue weighted by atomic mass is 35.5. The van der Waals surface area contributed by atoms with Crippen LogP contribution in [-0.2, 0) is 26.2 Å². The molecule has 0 saturated carbocycles. The smallest absolute Gasteiger partial charge is 0.264 e. The van der Waals surface area contributed by atoms with Gasteiger partial charge in [-0.05, 0) is 72.6 Å². The third-order valence-electron chi connectivity index (χ3n) is 6.68. The Kier molecular flexibility index (Phi) is 10.7. The Hall–Kier alpha value is -4.05. The second-order valence-corrected chi connectivity index (χ2v) is 12.2. The van der Waals surface area contributed by atoms with Crippen molar-refractivity contribution in [2.45, 2.75) is 30.8 Å². The van der Waals surface area contributed by atoms with E-state index in [4.69, 9.17) is 27.9 Å². The Balaban J connectivity index is 1.71. The van der Waals surface area contributed by atoms with E-state index in [1.54, 1.807) is 79.7 Å². The fraction of sp³-hybridized carbons (Fsp3) is 0.188. The topological polar surface area (TPSA) is 96.0 Å². The first-order valence-corrected chi connectivity index (χ1v) is 15.7. The summed E-state index contributed by atoms with van der Waals surface area (Å²) in [6.45, 7) is 1.22. The summed E-state index contributed by atoms with van der Waals surface area (Å²) in [5.41, 5.74) is 0.880. The molecule has 8 nitrogen and oxygen atoms in total. The Bertz CT molecular complexity index is 1650. The lowest BCUT2D eigenvalue weighted by Gasteiger charge is -2.33. The lowest BCUT2D eigenvalue weighted by molar-refractivity contribution is -0.140. The lowest BCUT2D eigenvalue weighted by atomic mass is 10.1. The summed E-state index contributed by atoms with van der Waals surface area (Å²) in [4.78, 5) is 28.3. The number of nitrogens with zero attached hydrogens (tertiary/aromatic N) is 2. The Morgan fingerprint density at radius 3 is 2.02 bits per heavy atom. The van der Waals surface area contributed by atoms with Gasteiger partial charge in [-0.1, -0.05) is 72.6 Å². The van der Waals surface area contributed by atoms with Crippen LogP contribution in [0.25, 0.3) is 0 Å². The van der Waals surface area contributed by atoms with Crippen molar-refractivity contribution in [1.82, 2.24) is 10.2 Å². The number of halogens is 2. The molecule has 0 saturated heterocycles. The van der Waals surface area contributed by atoms with Crippen LogP contribution in [0.4, 0.5) is 5.69 Å². The number of likely N-dealkylation sites (N-methyl/N-ethyl adjacent to an activating group) is 1. The van der Waals surface area contributed by atoms with Crippen LogP contribution in [0.1, 0.15) is 18.9 Å². The van der Waals surface area contributed by atoms with Gasteiger partial charge in [0.15, 0.2) is 0 Å². The van der Waals surface area contributed by atoms with Gasteiger partial charge in [0.1, 0.15) is 24.1 Å². The van der Waals surface area contributed by atoms with Crippen molar-refractivity contribution in [3.8, 4) is 11.5 Å². The summed E-state index contributed by atoms with van der Waals surface area (Å²) in [5, 5.41) is 3.24. The molecular weight excluding hydrogens is 609 g/mol. The fourth-order valence-corrected chi connectivity index (χ4v) is 6.23.